The van der Waals surface area contributed by atoms with Crippen LogP contribution in [0.3, 0.4) is 0 Å². The van der Waals surface area contributed by atoms with Gasteiger partial charge in [-0.05, 0) is 36.6 Å². The van der Waals surface area contributed by atoms with Crippen molar-refractivity contribution in [1.29, 1.82) is 0 Å². The molecule has 1 aliphatic rings. The fourth-order valence-electron chi connectivity index (χ4n) is 3.31. The molecule has 0 radical (unpaired) electrons. The van der Waals surface area contributed by atoms with Crippen LogP contribution < -0.4 is 9.64 Å². The highest BCUT2D eigenvalue weighted by atomic mass is 16.5. The van der Waals surface area contributed by atoms with Gasteiger partial charge >= 0.3 is 0 Å². The smallest absolute Gasteiger partial charge is 0.225 e. The summed E-state index contributed by atoms with van der Waals surface area (Å²) in [5.41, 5.74) is 1.27. The summed E-state index contributed by atoms with van der Waals surface area (Å²) < 4.78 is 5.62. The molecule has 0 unspecified atom stereocenters. The summed E-state index contributed by atoms with van der Waals surface area (Å²) in [5, 5.41) is 0. The van der Waals surface area contributed by atoms with Gasteiger partial charge in [-0.1, -0.05) is 36.4 Å². The van der Waals surface area contributed by atoms with Gasteiger partial charge in [0, 0.05) is 32.4 Å². The van der Waals surface area contributed by atoms with Crippen molar-refractivity contribution >= 4 is 11.6 Å². The maximum Gasteiger partial charge on any atom is 0.225 e. The molecule has 2 aromatic rings. The molecule has 4 heteroatoms. The first-order valence-electron chi connectivity index (χ1n) is 8.94. The summed E-state index contributed by atoms with van der Waals surface area (Å²) in [7, 11) is 1.90. The third kappa shape index (κ3) is 4.99. The quantitative estimate of drug-likeness (QED) is 0.775. The van der Waals surface area contributed by atoms with E-state index in [4.69, 9.17) is 4.74 Å². The lowest BCUT2D eigenvalue weighted by Gasteiger charge is -2.22. The Bertz CT molecular complexity index is 660. The summed E-state index contributed by atoms with van der Waals surface area (Å²) in [6.07, 6.45) is 1.55. The zero-order chi connectivity index (χ0) is 17.5. The maximum atomic E-state index is 12.3. The van der Waals surface area contributed by atoms with E-state index in [9.17, 15) is 4.79 Å². The number of anilines is 1. The number of carbonyl (C=O) groups is 1. The molecular weight excluding hydrogens is 312 g/mol. The Labute approximate surface area is 150 Å². The van der Waals surface area contributed by atoms with Crippen molar-refractivity contribution in [3.8, 4) is 5.75 Å². The Morgan fingerprint density at radius 3 is 2.52 bits per heavy atom. The van der Waals surface area contributed by atoms with Gasteiger partial charge in [-0.3, -0.25) is 4.79 Å². The Morgan fingerprint density at radius 2 is 1.80 bits per heavy atom. The summed E-state index contributed by atoms with van der Waals surface area (Å²) in [6, 6.07) is 20.1. The molecule has 0 N–H and O–H groups in total. The molecule has 132 valence electrons. The summed E-state index contributed by atoms with van der Waals surface area (Å²) in [4.78, 5) is 16.6. The van der Waals surface area contributed by atoms with E-state index in [1.54, 1.807) is 0 Å². The van der Waals surface area contributed by atoms with E-state index in [1.165, 1.54) is 5.69 Å². The van der Waals surface area contributed by atoms with Crippen LogP contribution in [0.1, 0.15) is 12.8 Å². The average molecular weight is 338 g/mol. The Balaban J connectivity index is 1.40. The number of amides is 1. The highest BCUT2D eigenvalue weighted by Gasteiger charge is 2.25. The molecule has 0 bridgehead atoms. The van der Waals surface area contributed by atoms with E-state index in [0.717, 1.165) is 31.8 Å². The third-order valence-electron chi connectivity index (χ3n) is 4.69. The molecule has 1 aliphatic heterocycles. The van der Waals surface area contributed by atoms with E-state index < -0.39 is 0 Å². The molecule has 25 heavy (non-hydrogen) atoms. The predicted molar refractivity (Wildman–Crippen MR) is 101 cm³/mol. The van der Waals surface area contributed by atoms with Crippen LogP contribution in [0.5, 0.6) is 5.75 Å². The molecule has 0 saturated carbocycles. The standard InChI is InChI=1S/C21H26N2O2/c1-22(21(24)13-15-25-20-10-6-3-7-11-20)16-18-12-14-23(17-18)19-8-4-2-5-9-19/h2-11,18H,12-17H2,1H3/t18-/m1/s1. The second-order valence-electron chi connectivity index (χ2n) is 6.62. The number of para-hydroxylation sites is 2. The lowest BCUT2D eigenvalue weighted by Crippen LogP contribution is -2.33. The monoisotopic (exact) mass is 338 g/mol. The first kappa shape index (κ1) is 17.3. The molecule has 4 nitrogen and oxygen atoms in total. The van der Waals surface area contributed by atoms with Crippen molar-refractivity contribution in [3.05, 3.63) is 60.7 Å². The lowest BCUT2D eigenvalue weighted by atomic mass is 10.1. The highest BCUT2D eigenvalue weighted by Crippen LogP contribution is 2.24. The second-order valence-corrected chi connectivity index (χ2v) is 6.62. The van der Waals surface area contributed by atoms with Gasteiger partial charge in [0.2, 0.25) is 5.91 Å². The molecule has 1 saturated heterocycles. The molecular formula is C21H26N2O2. The zero-order valence-corrected chi connectivity index (χ0v) is 14.8. The van der Waals surface area contributed by atoms with E-state index >= 15 is 0 Å². The van der Waals surface area contributed by atoms with E-state index in [2.05, 4.69) is 29.2 Å². The predicted octanol–water partition coefficient (Wildman–Crippen LogP) is 3.44. The van der Waals surface area contributed by atoms with Crippen LogP contribution in [0, 0.1) is 5.92 Å². The summed E-state index contributed by atoms with van der Waals surface area (Å²) >= 11 is 0. The van der Waals surface area contributed by atoms with Gasteiger partial charge in [0.25, 0.3) is 0 Å². The van der Waals surface area contributed by atoms with Crippen LogP contribution in [0.15, 0.2) is 60.7 Å². The fraction of sp³-hybridized carbons (Fsp3) is 0.381. The van der Waals surface area contributed by atoms with Crippen molar-refractivity contribution in [3.63, 3.8) is 0 Å². The van der Waals surface area contributed by atoms with Gasteiger partial charge in [-0.15, -0.1) is 0 Å². The summed E-state index contributed by atoms with van der Waals surface area (Å²) in [5.74, 6) is 1.49. The van der Waals surface area contributed by atoms with Crippen molar-refractivity contribution in [2.75, 3.05) is 38.2 Å². The van der Waals surface area contributed by atoms with Crippen molar-refractivity contribution in [1.82, 2.24) is 4.90 Å². The molecule has 1 atom stereocenters. The maximum absolute atomic E-state index is 12.3. The average Bonchev–Trinajstić information content (AvgIpc) is 3.12. The lowest BCUT2D eigenvalue weighted by molar-refractivity contribution is -0.130. The molecule has 0 spiro atoms. The van der Waals surface area contributed by atoms with Crippen LogP contribution >= 0.6 is 0 Å². The minimum Gasteiger partial charge on any atom is -0.493 e. The number of carbonyl (C=O) groups excluding carboxylic acids is 1. The topological polar surface area (TPSA) is 32.8 Å². The first-order chi connectivity index (χ1) is 12.2. The minimum absolute atomic E-state index is 0.147. The molecule has 3 rings (SSSR count). The van der Waals surface area contributed by atoms with E-state index in [1.807, 2.05) is 48.3 Å². The zero-order valence-electron chi connectivity index (χ0n) is 14.8. The van der Waals surface area contributed by atoms with Crippen molar-refractivity contribution in [2.45, 2.75) is 12.8 Å². The van der Waals surface area contributed by atoms with Crippen LogP contribution in [0.4, 0.5) is 5.69 Å². The molecule has 1 fully saturated rings. The van der Waals surface area contributed by atoms with Gasteiger partial charge < -0.3 is 14.5 Å². The molecule has 0 aromatic heterocycles. The Kier molecular flexibility index (Phi) is 5.94. The Hall–Kier alpha value is -2.49. The minimum atomic E-state index is 0.147. The van der Waals surface area contributed by atoms with Gasteiger partial charge in [0.05, 0.1) is 13.0 Å². The largest absolute Gasteiger partial charge is 0.493 e. The Morgan fingerprint density at radius 1 is 1.12 bits per heavy atom. The van der Waals surface area contributed by atoms with Gasteiger partial charge in [-0.2, -0.15) is 0 Å². The van der Waals surface area contributed by atoms with Gasteiger partial charge in [0.1, 0.15) is 5.75 Å². The third-order valence-corrected chi connectivity index (χ3v) is 4.69. The SMILES string of the molecule is CN(C[C@H]1CCN(c2ccccc2)C1)C(=O)CCOc1ccccc1. The number of hydrogen-bond donors (Lipinski definition) is 0. The highest BCUT2D eigenvalue weighted by molar-refractivity contribution is 5.76. The van der Waals surface area contributed by atoms with E-state index in [0.29, 0.717) is 18.9 Å². The summed E-state index contributed by atoms with van der Waals surface area (Å²) in [6.45, 7) is 3.32. The van der Waals surface area contributed by atoms with Crippen LogP contribution in [0.25, 0.3) is 0 Å². The molecule has 2 aromatic carbocycles. The van der Waals surface area contributed by atoms with Gasteiger partial charge in [0.15, 0.2) is 0 Å². The van der Waals surface area contributed by atoms with Crippen LogP contribution in [-0.4, -0.2) is 44.1 Å². The number of ether oxygens (including phenoxy) is 1. The fourth-order valence-corrected chi connectivity index (χ4v) is 3.31. The number of rotatable bonds is 7. The molecule has 1 heterocycles. The number of hydrogen-bond acceptors (Lipinski definition) is 3. The molecule has 0 aliphatic carbocycles. The van der Waals surface area contributed by atoms with Crippen LogP contribution in [0.2, 0.25) is 0 Å². The second kappa shape index (κ2) is 8.56. The number of nitrogens with zero attached hydrogens (tertiary/aromatic N) is 2. The van der Waals surface area contributed by atoms with E-state index in [-0.39, 0.29) is 5.91 Å². The molecule has 1 amide bonds. The van der Waals surface area contributed by atoms with Crippen molar-refractivity contribution < 1.29 is 9.53 Å². The van der Waals surface area contributed by atoms with Gasteiger partial charge in [-0.25, -0.2) is 0 Å². The normalized spacial score (nSPS) is 16.7. The van der Waals surface area contributed by atoms with Crippen molar-refractivity contribution in [2.24, 2.45) is 5.92 Å². The number of benzene rings is 2. The van der Waals surface area contributed by atoms with Crippen LogP contribution in [-0.2, 0) is 4.79 Å². The first-order valence-corrected chi connectivity index (χ1v) is 8.94.